The summed E-state index contributed by atoms with van der Waals surface area (Å²) in [7, 11) is 0. The van der Waals surface area contributed by atoms with Crippen molar-refractivity contribution in [1.29, 1.82) is 0 Å². The molecule has 1 unspecified atom stereocenters. The molecule has 5 heteroatoms. The Bertz CT molecular complexity index is 1450. The molecule has 0 radical (unpaired) electrons. The van der Waals surface area contributed by atoms with E-state index in [9.17, 15) is 19.5 Å². The summed E-state index contributed by atoms with van der Waals surface area (Å²) in [4.78, 5) is 40.8. The van der Waals surface area contributed by atoms with Gasteiger partial charge < -0.3 is 9.84 Å². The Balaban J connectivity index is 1.44. The maximum absolute atomic E-state index is 14.6. The first-order valence-corrected chi connectivity index (χ1v) is 17.7. The molecule has 0 amide bonds. The SMILES string of the molecule is CC=C(C)C=CC=C(C)C=CC1=C(C)CCCC1(C)C(=O)O[C@@]1(C(=O)CO)CC[C@H]2[C@@H]3CCC4=CC(=O)CC[C@]4(C)[C@H]3CC[C@@]21C. The highest BCUT2D eigenvalue weighted by Gasteiger charge is 2.69. The van der Waals surface area contributed by atoms with Crippen molar-refractivity contribution in [2.45, 2.75) is 125 Å². The number of carbonyl (C=O) groups excluding carboxylic acids is 3. The molecule has 46 heavy (non-hydrogen) atoms. The van der Waals surface area contributed by atoms with Crippen molar-refractivity contribution in [3.05, 3.63) is 70.4 Å². The van der Waals surface area contributed by atoms with E-state index >= 15 is 0 Å². The maximum atomic E-state index is 14.6. The minimum atomic E-state index is -1.33. The summed E-state index contributed by atoms with van der Waals surface area (Å²) in [6, 6.07) is 0. The number of rotatable bonds is 8. The fourth-order valence-corrected chi connectivity index (χ4v) is 10.3. The van der Waals surface area contributed by atoms with E-state index in [-0.39, 0.29) is 28.9 Å². The first-order valence-electron chi connectivity index (χ1n) is 17.7. The number of ether oxygens (including phenoxy) is 1. The summed E-state index contributed by atoms with van der Waals surface area (Å²) < 4.78 is 6.68. The van der Waals surface area contributed by atoms with Crippen LogP contribution < -0.4 is 0 Å². The summed E-state index contributed by atoms with van der Waals surface area (Å²) >= 11 is 0. The normalized spacial score (nSPS) is 38.5. The number of hydrogen-bond acceptors (Lipinski definition) is 5. The molecule has 3 saturated carbocycles. The highest BCUT2D eigenvalue weighted by molar-refractivity contribution is 5.94. The Labute approximate surface area is 277 Å². The molecule has 0 bridgehead atoms. The predicted molar refractivity (Wildman–Crippen MR) is 184 cm³/mol. The lowest BCUT2D eigenvalue weighted by Gasteiger charge is -2.59. The zero-order valence-electron chi connectivity index (χ0n) is 29.3. The molecule has 0 aromatic rings. The van der Waals surface area contributed by atoms with E-state index in [2.05, 4.69) is 65.0 Å². The number of Topliss-reactive ketones (excluding diaryl/α,β-unsaturated/α-hetero) is 1. The molecule has 0 heterocycles. The third-order valence-corrected chi connectivity index (χ3v) is 13.4. The average Bonchev–Trinajstić information content (AvgIpc) is 3.33. The molecular weight excluding hydrogens is 572 g/mol. The molecule has 0 aliphatic heterocycles. The van der Waals surface area contributed by atoms with E-state index in [4.69, 9.17) is 4.74 Å². The van der Waals surface area contributed by atoms with Gasteiger partial charge in [-0.25, -0.2) is 0 Å². The summed E-state index contributed by atoms with van der Waals surface area (Å²) in [6.07, 6.45) is 23.2. The van der Waals surface area contributed by atoms with Crippen molar-refractivity contribution < 1.29 is 24.2 Å². The monoisotopic (exact) mass is 628 g/mol. The van der Waals surface area contributed by atoms with Gasteiger partial charge in [-0.15, -0.1) is 0 Å². The van der Waals surface area contributed by atoms with Crippen molar-refractivity contribution in [2.75, 3.05) is 6.61 Å². The average molecular weight is 629 g/mol. The first-order chi connectivity index (χ1) is 21.8. The third kappa shape index (κ3) is 5.69. The second kappa shape index (κ2) is 13.0. The van der Waals surface area contributed by atoms with Gasteiger partial charge in [-0.1, -0.05) is 72.6 Å². The summed E-state index contributed by atoms with van der Waals surface area (Å²) in [5.74, 6) is 0.661. The Morgan fingerprint density at radius 1 is 0.957 bits per heavy atom. The number of aliphatic hydroxyl groups excluding tert-OH is 1. The minimum absolute atomic E-state index is 0.0219. The zero-order chi connectivity index (χ0) is 33.5. The Hall–Kier alpha value is -2.79. The van der Waals surface area contributed by atoms with E-state index in [0.717, 1.165) is 62.5 Å². The number of allylic oxidation sites excluding steroid dienone is 10. The van der Waals surface area contributed by atoms with Crippen LogP contribution in [0.15, 0.2) is 70.4 Å². The lowest BCUT2D eigenvalue weighted by molar-refractivity contribution is -0.197. The van der Waals surface area contributed by atoms with E-state index in [0.29, 0.717) is 31.1 Å². The number of ketones is 2. The lowest BCUT2D eigenvalue weighted by Crippen LogP contribution is -2.60. The lowest BCUT2D eigenvalue weighted by atomic mass is 9.46. The van der Waals surface area contributed by atoms with Crippen molar-refractivity contribution >= 4 is 17.5 Å². The zero-order valence-corrected chi connectivity index (χ0v) is 29.3. The van der Waals surface area contributed by atoms with Crippen LogP contribution in [0.25, 0.3) is 0 Å². The largest absolute Gasteiger partial charge is 0.450 e. The van der Waals surface area contributed by atoms with Crippen molar-refractivity contribution in [3.8, 4) is 0 Å². The Morgan fingerprint density at radius 3 is 2.41 bits per heavy atom. The molecule has 250 valence electrons. The van der Waals surface area contributed by atoms with Gasteiger partial charge in [0.15, 0.2) is 11.4 Å². The van der Waals surface area contributed by atoms with Gasteiger partial charge in [0.1, 0.15) is 6.61 Å². The molecule has 0 spiro atoms. The minimum Gasteiger partial charge on any atom is -0.450 e. The van der Waals surface area contributed by atoms with E-state index in [1.807, 2.05) is 26.0 Å². The molecule has 7 atom stereocenters. The first kappa shape index (κ1) is 34.5. The highest BCUT2D eigenvalue weighted by atomic mass is 16.6. The van der Waals surface area contributed by atoms with Gasteiger partial charge in [0.2, 0.25) is 5.78 Å². The van der Waals surface area contributed by atoms with Gasteiger partial charge >= 0.3 is 5.97 Å². The van der Waals surface area contributed by atoms with Crippen LogP contribution in [0.3, 0.4) is 0 Å². The molecule has 0 aromatic carbocycles. The van der Waals surface area contributed by atoms with Gasteiger partial charge in [-0.05, 0) is 134 Å². The van der Waals surface area contributed by atoms with Crippen molar-refractivity contribution in [1.82, 2.24) is 0 Å². The van der Waals surface area contributed by atoms with Crippen LogP contribution in [0.1, 0.15) is 119 Å². The molecule has 0 aromatic heterocycles. The van der Waals surface area contributed by atoms with Gasteiger partial charge in [-0.2, -0.15) is 0 Å². The smallest absolute Gasteiger partial charge is 0.317 e. The van der Waals surface area contributed by atoms with E-state index < -0.39 is 23.0 Å². The number of hydrogen-bond donors (Lipinski definition) is 1. The Kier molecular flexibility index (Phi) is 9.77. The summed E-state index contributed by atoms with van der Waals surface area (Å²) in [5.41, 5.74) is 3.03. The van der Waals surface area contributed by atoms with Gasteiger partial charge in [0.05, 0.1) is 5.41 Å². The topological polar surface area (TPSA) is 80.7 Å². The van der Waals surface area contributed by atoms with Gasteiger partial charge in [0, 0.05) is 11.8 Å². The predicted octanol–water partition coefficient (Wildman–Crippen LogP) is 8.89. The molecule has 1 N–H and O–H groups in total. The van der Waals surface area contributed by atoms with E-state index in [1.54, 1.807) is 0 Å². The van der Waals surface area contributed by atoms with Gasteiger partial charge in [0.25, 0.3) is 0 Å². The van der Waals surface area contributed by atoms with Crippen molar-refractivity contribution in [3.63, 3.8) is 0 Å². The molecule has 5 rings (SSSR count). The van der Waals surface area contributed by atoms with E-state index in [1.165, 1.54) is 16.7 Å². The second-order valence-corrected chi connectivity index (χ2v) is 15.8. The summed E-state index contributed by atoms with van der Waals surface area (Å²) in [5, 5.41) is 10.3. The standard InChI is InChI=1S/C41H56O5/c1-8-27(2)11-9-12-28(3)14-17-33-29(4)13-10-21-39(33,6)37(45)46-41(36(44)26-42)24-20-35-32-16-15-30-25-31(43)18-22-38(30,5)34(32)19-23-40(35,41)7/h8-9,11-12,14,17,25,32,34-35,42H,10,13,15-16,18-24,26H2,1-7H3/t32-,34+,35+,38+,39?,40+,41-/m1/s1. The fraction of sp³-hybridized carbons (Fsp3) is 0.634. The van der Waals surface area contributed by atoms with Crippen LogP contribution in [0, 0.1) is 34.0 Å². The molecule has 0 saturated heterocycles. The summed E-state index contributed by atoms with van der Waals surface area (Å²) in [6.45, 7) is 14.1. The van der Waals surface area contributed by atoms with Crippen LogP contribution in [0.2, 0.25) is 0 Å². The van der Waals surface area contributed by atoms with Crippen LogP contribution in [-0.4, -0.2) is 34.9 Å². The molecule has 3 fully saturated rings. The van der Waals surface area contributed by atoms with Crippen LogP contribution in [0.5, 0.6) is 0 Å². The van der Waals surface area contributed by atoms with Crippen molar-refractivity contribution in [2.24, 2.45) is 34.0 Å². The quantitative estimate of drug-likeness (QED) is 0.214. The third-order valence-electron chi connectivity index (χ3n) is 13.4. The number of esters is 1. The van der Waals surface area contributed by atoms with Crippen LogP contribution in [-0.2, 0) is 19.1 Å². The van der Waals surface area contributed by atoms with Crippen LogP contribution >= 0.6 is 0 Å². The number of aliphatic hydroxyl groups is 1. The molecule has 5 nitrogen and oxygen atoms in total. The highest BCUT2D eigenvalue weighted by Crippen LogP contribution is 2.68. The fourth-order valence-electron chi connectivity index (χ4n) is 10.3. The number of carbonyl (C=O) groups is 3. The van der Waals surface area contributed by atoms with Gasteiger partial charge in [-0.3, -0.25) is 14.4 Å². The second-order valence-electron chi connectivity index (χ2n) is 15.8. The number of fused-ring (bicyclic) bond motifs is 5. The molecule has 5 aliphatic carbocycles. The van der Waals surface area contributed by atoms with Crippen LogP contribution in [0.4, 0.5) is 0 Å². The maximum Gasteiger partial charge on any atom is 0.317 e. The Morgan fingerprint density at radius 2 is 1.70 bits per heavy atom. The molecular formula is C41H56O5. The molecule has 5 aliphatic rings.